The number of nitrogens with zero attached hydrogens (tertiary/aromatic N) is 1. The maximum absolute atomic E-state index is 9.35. The van der Waals surface area contributed by atoms with Crippen LogP contribution in [0.4, 0.5) is 0 Å². The fourth-order valence-corrected chi connectivity index (χ4v) is 3.06. The van der Waals surface area contributed by atoms with E-state index in [4.69, 9.17) is 0 Å². The summed E-state index contributed by atoms with van der Waals surface area (Å²) < 4.78 is 0. The lowest BCUT2D eigenvalue weighted by atomic mass is 9.96. The van der Waals surface area contributed by atoms with E-state index >= 15 is 0 Å². The van der Waals surface area contributed by atoms with Crippen molar-refractivity contribution in [2.24, 2.45) is 0 Å². The molecule has 0 aromatic carbocycles. The number of aliphatic hydroxyl groups is 1. The van der Waals surface area contributed by atoms with Gasteiger partial charge in [-0.05, 0) is 59.5 Å². The van der Waals surface area contributed by atoms with Crippen molar-refractivity contribution in [3.05, 3.63) is 0 Å². The first-order valence-corrected chi connectivity index (χ1v) is 7.62. The molecule has 3 heteroatoms. The van der Waals surface area contributed by atoms with Gasteiger partial charge in [-0.15, -0.1) is 0 Å². The summed E-state index contributed by atoms with van der Waals surface area (Å²) in [5.74, 6) is 0. The molecule has 3 atom stereocenters. The predicted octanol–water partition coefficient (Wildman–Crippen LogP) is 2.39. The molecule has 3 unspecified atom stereocenters. The maximum atomic E-state index is 9.35. The van der Waals surface area contributed by atoms with E-state index < -0.39 is 0 Å². The third kappa shape index (κ3) is 4.22. The lowest BCUT2D eigenvalue weighted by Gasteiger charge is -2.29. The van der Waals surface area contributed by atoms with Crippen molar-refractivity contribution in [2.45, 2.75) is 76.9 Å². The summed E-state index contributed by atoms with van der Waals surface area (Å²) in [6.45, 7) is 8.22. The van der Waals surface area contributed by atoms with E-state index in [9.17, 15) is 5.11 Å². The molecule has 1 heterocycles. The van der Waals surface area contributed by atoms with Gasteiger partial charge in [0, 0.05) is 17.6 Å². The fraction of sp³-hybridized carbons (Fsp3) is 1.00. The molecule has 1 fully saturated rings. The minimum Gasteiger partial charge on any atom is -0.394 e. The number of aliphatic hydroxyl groups excluding tert-OH is 1. The van der Waals surface area contributed by atoms with Gasteiger partial charge in [-0.3, -0.25) is 4.90 Å². The Bertz CT molecular complexity index is 229. The minimum atomic E-state index is -0.0964. The molecule has 108 valence electrons. The van der Waals surface area contributed by atoms with E-state index in [1.54, 1.807) is 0 Å². The Labute approximate surface area is 113 Å². The molecule has 18 heavy (non-hydrogen) atoms. The van der Waals surface area contributed by atoms with Gasteiger partial charge in [-0.2, -0.15) is 0 Å². The van der Waals surface area contributed by atoms with Gasteiger partial charge in [0.2, 0.25) is 0 Å². The van der Waals surface area contributed by atoms with E-state index in [0.29, 0.717) is 0 Å². The van der Waals surface area contributed by atoms with Crippen LogP contribution in [0.25, 0.3) is 0 Å². The van der Waals surface area contributed by atoms with Crippen LogP contribution in [-0.2, 0) is 0 Å². The van der Waals surface area contributed by atoms with Crippen LogP contribution in [0.5, 0.6) is 0 Å². The van der Waals surface area contributed by atoms with Gasteiger partial charge < -0.3 is 10.4 Å². The highest BCUT2D eigenvalue weighted by Crippen LogP contribution is 2.26. The van der Waals surface area contributed by atoms with Gasteiger partial charge >= 0.3 is 0 Å². The zero-order chi connectivity index (χ0) is 13.6. The van der Waals surface area contributed by atoms with Crippen LogP contribution in [0, 0.1) is 0 Å². The normalized spacial score (nSPS) is 28.5. The fourth-order valence-electron chi connectivity index (χ4n) is 3.06. The summed E-state index contributed by atoms with van der Waals surface area (Å²) in [5, 5.41) is 12.6. The lowest BCUT2D eigenvalue weighted by molar-refractivity contribution is 0.162. The van der Waals surface area contributed by atoms with Crippen molar-refractivity contribution in [3.8, 4) is 0 Å². The minimum absolute atomic E-state index is 0.0964. The standard InChI is InChI=1S/C15H32N2O/c1-5-14-9-8-13(2)17(14)11-7-6-10-15(3,12-18)16-4/h13-14,16,18H,5-12H2,1-4H3. The van der Waals surface area contributed by atoms with Crippen LogP contribution in [-0.4, -0.2) is 47.8 Å². The topological polar surface area (TPSA) is 35.5 Å². The summed E-state index contributed by atoms with van der Waals surface area (Å²) >= 11 is 0. The van der Waals surface area contributed by atoms with Crippen LogP contribution >= 0.6 is 0 Å². The Balaban J connectivity index is 2.25. The molecular formula is C15H32N2O. The summed E-state index contributed by atoms with van der Waals surface area (Å²) in [6.07, 6.45) is 7.52. The van der Waals surface area contributed by atoms with Crippen LogP contribution in [0.1, 0.15) is 59.3 Å². The highest BCUT2D eigenvalue weighted by Gasteiger charge is 2.28. The largest absolute Gasteiger partial charge is 0.394 e. The van der Waals surface area contributed by atoms with E-state index in [0.717, 1.165) is 18.5 Å². The summed E-state index contributed by atoms with van der Waals surface area (Å²) in [6, 6.07) is 1.58. The van der Waals surface area contributed by atoms with Gasteiger partial charge in [-0.1, -0.05) is 13.3 Å². The second kappa shape index (κ2) is 7.46. The number of likely N-dealkylation sites (tertiary alicyclic amines) is 1. The Morgan fingerprint density at radius 3 is 2.61 bits per heavy atom. The quantitative estimate of drug-likeness (QED) is 0.655. The van der Waals surface area contributed by atoms with E-state index in [-0.39, 0.29) is 12.1 Å². The van der Waals surface area contributed by atoms with Crippen LogP contribution in [0.2, 0.25) is 0 Å². The molecule has 0 amide bonds. The van der Waals surface area contributed by atoms with Crippen molar-refractivity contribution in [1.82, 2.24) is 10.2 Å². The number of hydrogen-bond acceptors (Lipinski definition) is 3. The third-order valence-corrected chi connectivity index (χ3v) is 4.77. The predicted molar refractivity (Wildman–Crippen MR) is 77.9 cm³/mol. The number of rotatable bonds is 8. The van der Waals surface area contributed by atoms with Crippen molar-refractivity contribution in [3.63, 3.8) is 0 Å². The van der Waals surface area contributed by atoms with E-state index in [1.165, 1.54) is 38.6 Å². The third-order valence-electron chi connectivity index (χ3n) is 4.77. The first kappa shape index (κ1) is 15.9. The first-order valence-electron chi connectivity index (χ1n) is 7.62. The lowest BCUT2D eigenvalue weighted by Crippen LogP contribution is -2.43. The average Bonchev–Trinajstić information content (AvgIpc) is 2.75. The Morgan fingerprint density at radius 2 is 2.06 bits per heavy atom. The number of nitrogens with one attached hydrogen (secondary N) is 1. The molecule has 0 bridgehead atoms. The number of hydrogen-bond donors (Lipinski definition) is 2. The summed E-state index contributed by atoms with van der Waals surface area (Å²) in [7, 11) is 1.94. The molecule has 0 radical (unpaired) electrons. The van der Waals surface area contributed by atoms with E-state index in [1.807, 2.05) is 7.05 Å². The molecule has 1 saturated heterocycles. The van der Waals surface area contributed by atoms with Crippen LogP contribution in [0.15, 0.2) is 0 Å². The Morgan fingerprint density at radius 1 is 1.33 bits per heavy atom. The highest BCUT2D eigenvalue weighted by molar-refractivity contribution is 4.85. The van der Waals surface area contributed by atoms with Gasteiger partial charge in [0.1, 0.15) is 0 Å². The zero-order valence-corrected chi connectivity index (χ0v) is 12.7. The molecule has 0 saturated carbocycles. The second-order valence-corrected chi connectivity index (χ2v) is 6.15. The number of likely N-dealkylation sites (N-methyl/N-ethyl adjacent to an activating group) is 1. The zero-order valence-electron chi connectivity index (χ0n) is 12.7. The van der Waals surface area contributed by atoms with Crippen molar-refractivity contribution < 1.29 is 5.11 Å². The van der Waals surface area contributed by atoms with Crippen molar-refractivity contribution >= 4 is 0 Å². The van der Waals surface area contributed by atoms with Gasteiger partial charge in [0.25, 0.3) is 0 Å². The molecular weight excluding hydrogens is 224 g/mol. The van der Waals surface area contributed by atoms with Gasteiger partial charge in [0.15, 0.2) is 0 Å². The first-order chi connectivity index (χ1) is 8.56. The molecule has 0 aromatic heterocycles. The number of unbranched alkanes of at least 4 members (excludes halogenated alkanes) is 1. The van der Waals surface area contributed by atoms with E-state index in [2.05, 4.69) is 31.0 Å². The second-order valence-electron chi connectivity index (χ2n) is 6.15. The molecule has 1 aliphatic rings. The maximum Gasteiger partial charge on any atom is 0.0610 e. The smallest absolute Gasteiger partial charge is 0.0610 e. The molecule has 0 aromatic rings. The van der Waals surface area contributed by atoms with Gasteiger partial charge in [0.05, 0.1) is 6.61 Å². The van der Waals surface area contributed by atoms with Crippen LogP contribution in [0.3, 0.4) is 0 Å². The molecule has 0 spiro atoms. The summed E-state index contributed by atoms with van der Waals surface area (Å²) in [5.41, 5.74) is -0.0964. The van der Waals surface area contributed by atoms with Gasteiger partial charge in [-0.25, -0.2) is 0 Å². The Kier molecular flexibility index (Phi) is 6.61. The molecule has 1 aliphatic heterocycles. The molecule has 3 nitrogen and oxygen atoms in total. The molecule has 2 N–H and O–H groups in total. The SMILES string of the molecule is CCC1CCC(C)N1CCCCC(C)(CO)NC. The monoisotopic (exact) mass is 256 g/mol. The molecule has 1 rings (SSSR count). The van der Waals surface area contributed by atoms with Crippen LogP contribution < -0.4 is 5.32 Å². The summed E-state index contributed by atoms with van der Waals surface area (Å²) in [4.78, 5) is 2.69. The molecule has 0 aliphatic carbocycles. The average molecular weight is 256 g/mol. The Hall–Kier alpha value is -0.120. The van der Waals surface area contributed by atoms with Crippen molar-refractivity contribution in [1.29, 1.82) is 0 Å². The highest BCUT2D eigenvalue weighted by atomic mass is 16.3. The van der Waals surface area contributed by atoms with Crippen molar-refractivity contribution in [2.75, 3.05) is 20.2 Å².